The van der Waals surface area contributed by atoms with Gasteiger partial charge in [-0.3, -0.25) is 4.79 Å². The van der Waals surface area contributed by atoms with E-state index in [0.29, 0.717) is 5.92 Å². The van der Waals surface area contributed by atoms with Gasteiger partial charge < -0.3 is 4.48 Å². The van der Waals surface area contributed by atoms with Crippen LogP contribution in [-0.4, -0.2) is 36.4 Å². The Labute approximate surface area is 78.1 Å². The Kier molecular flexibility index (Phi) is 1.92. The van der Waals surface area contributed by atoms with E-state index in [1.165, 1.54) is 25.9 Å². The largest absolute Gasteiger partial charge is 0.325 e. The normalized spacial score (nSPS) is 46.2. The van der Waals surface area contributed by atoms with Gasteiger partial charge in [0, 0.05) is 12.8 Å². The minimum atomic E-state index is -0.108. The van der Waals surface area contributed by atoms with Crippen LogP contribution in [0.25, 0.3) is 0 Å². The number of piperidine rings is 3. The predicted molar refractivity (Wildman–Crippen MR) is 47.9 cm³/mol. The molecule has 0 N–H and O–H groups in total. The number of hydrogen-bond donors (Lipinski definition) is 0. The first-order valence-corrected chi connectivity index (χ1v) is 5.01. The van der Waals surface area contributed by atoms with Crippen molar-refractivity contribution in [2.75, 3.05) is 26.7 Å². The van der Waals surface area contributed by atoms with Gasteiger partial charge in [-0.05, 0) is 17.5 Å². The molecule has 68 valence electrons. The van der Waals surface area contributed by atoms with Crippen molar-refractivity contribution in [2.45, 2.75) is 12.8 Å². The van der Waals surface area contributed by atoms with Crippen molar-refractivity contribution in [3.05, 3.63) is 0 Å². The number of rotatable bonds is 1. The molecule has 3 aliphatic rings. The van der Waals surface area contributed by atoms with Gasteiger partial charge in [-0.1, -0.05) is 0 Å². The smallest absolute Gasteiger partial charge is 0.230 e. The molecule has 0 saturated carbocycles. The van der Waals surface area contributed by atoms with E-state index in [0.717, 1.165) is 11.0 Å². The number of halogens is 1. The van der Waals surface area contributed by atoms with Crippen molar-refractivity contribution in [1.29, 1.82) is 0 Å². The molecule has 0 radical (unpaired) electrons. The lowest BCUT2D eigenvalue weighted by atomic mass is 9.78. The van der Waals surface area contributed by atoms with Crippen LogP contribution < -0.4 is 0 Å². The van der Waals surface area contributed by atoms with Crippen LogP contribution in [0.5, 0.6) is 0 Å². The fourth-order valence-corrected chi connectivity index (χ4v) is 2.92. The van der Waals surface area contributed by atoms with E-state index in [1.54, 1.807) is 0 Å². The highest BCUT2D eigenvalue weighted by atomic mass is 35.5. The number of quaternary nitrogens is 1. The summed E-state index contributed by atoms with van der Waals surface area (Å²) in [5.41, 5.74) is 0. The molecule has 3 aliphatic heterocycles. The second kappa shape index (κ2) is 2.71. The van der Waals surface area contributed by atoms with Crippen LogP contribution >= 0.6 is 11.6 Å². The van der Waals surface area contributed by atoms with E-state index in [4.69, 9.17) is 11.6 Å². The molecule has 3 rings (SSSR count). The topological polar surface area (TPSA) is 17.1 Å². The van der Waals surface area contributed by atoms with Gasteiger partial charge in [0.1, 0.15) is 0 Å². The molecule has 0 aromatic carbocycles. The van der Waals surface area contributed by atoms with Gasteiger partial charge in [-0.25, -0.2) is 0 Å². The van der Waals surface area contributed by atoms with E-state index in [-0.39, 0.29) is 11.2 Å². The van der Waals surface area contributed by atoms with Crippen molar-refractivity contribution < 1.29 is 9.28 Å². The van der Waals surface area contributed by atoms with E-state index in [2.05, 4.69) is 7.05 Å². The standard InChI is InChI=1S/C9H15ClNO/c1-11-4-2-7(3-5-11)8(6-11)9(10)12/h7-8H,2-6H2,1H3/q+1. The highest BCUT2D eigenvalue weighted by Gasteiger charge is 2.45. The highest BCUT2D eigenvalue weighted by molar-refractivity contribution is 6.64. The Balaban J connectivity index is 2.16. The molecule has 1 unspecified atom stereocenters. The zero-order valence-corrected chi connectivity index (χ0v) is 8.18. The molecule has 0 aromatic rings. The summed E-state index contributed by atoms with van der Waals surface area (Å²) < 4.78 is 1.07. The van der Waals surface area contributed by atoms with Crippen LogP contribution in [0.2, 0.25) is 0 Å². The van der Waals surface area contributed by atoms with Crippen molar-refractivity contribution in [3.63, 3.8) is 0 Å². The maximum Gasteiger partial charge on any atom is 0.230 e. The summed E-state index contributed by atoms with van der Waals surface area (Å²) in [5.74, 6) is 0.745. The van der Waals surface area contributed by atoms with E-state index in [1.807, 2.05) is 0 Å². The number of carbonyl (C=O) groups is 1. The fourth-order valence-electron chi connectivity index (χ4n) is 2.68. The molecule has 3 fully saturated rings. The highest BCUT2D eigenvalue weighted by Crippen LogP contribution is 2.37. The number of nitrogens with zero attached hydrogens (tertiary/aromatic N) is 1. The monoisotopic (exact) mass is 188 g/mol. The quantitative estimate of drug-likeness (QED) is 0.447. The summed E-state index contributed by atoms with van der Waals surface area (Å²) in [6.45, 7) is 3.46. The molecule has 0 spiro atoms. The summed E-state index contributed by atoms with van der Waals surface area (Å²) in [6.07, 6.45) is 2.39. The Morgan fingerprint density at radius 3 is 2.33 bits per heavy atom. The molecular weight excluding hydrogens is 174 g/mol. The summed E-state index contributed by atoms with van der Waals surface area (Å²) in [5, 5.41) is -0.108. The van der Waals surface area contributed by atoms with Crippen LogP contribution in [0.4, 0.5) is 0 Å². The lowest BCUT2D eigenvalue weighted by Gasteiger charge is -2.49. The van der Waals surface area contributed by atoms with Gasteiger partial charge in [-0.15, -0.1) is 0 Å². The summed E-state index contributed by atoms with van der Waals surface area (Å²) in [7, 11) is 2.24. The average molecular weight is 189 g/mol. The molecule has 3 heteroatoms. The van der Waals surface area contributed by atoms with Crippen LogP contribution in [0.1, 0.15) is 12.8 Å². The first kappa shape index (κ1) is 8.52. The van der Waals surface area contributed by atoms with Gasteiger partial charge in [0.2, 0.25) is 5.24 Å². The third-order valence-corrected chi connectivity index (χ3v) is 3.86. The first-order chi connectivity index (χ1) is 5.61. The minimum absolute atomic E-state index is 0.108. The van der Waals surface area contributed by atoms with Gasteiger partial charge in [0.05, 0.1) is 32.6 Å². The molecule has 0 aromatic heterocycles. The maximum absolute atomic E-state index is 11.1. The molecule has 0 amide bonds. The van der Waals surface area contributed by atoms with E-state index in [9.17, 15) is 4.79 Å². The van der Waals surface area contributed by atoms with Crippen molar-refractivity contribution in [2.24, 2.45) is 11.8 Å². The molecule has 3 heterocycles. The third-order valence-electron chi connectivity index (χ3n) is 3.58. The summed E-state index contributed by atoms with van der Waals surface area (Å²) in [4.78, 5) is 11.1. The second-order valence-corrected chi connectivity index (χ2v) is 4.87. The second-order valence-electron chi connectivity index (χ2n) is 4.50. The number of carbonyl (C=O) groups excluding carboxylic acids is 1. The molecule has 12 heavy (non-hydrogen) atoms. The van der Waals surface area contributed by atoms with E-state index < -0.39 is 0 Å². The zero-order valence-electron chi connectivity index (χ0n) is 7.42. The molecule has 1 atom stereocenters. The zero-order chi connectivity index (χ0) is 8.77. The molecule has 3 saturated heterocycles. The van der Waals surface area contributed by atoms with Gasteiger partial charge >= 0.3 is 0 Å². The molecule has 2 nitrogen and oxygen atoms in total. The lowest BCUT2D eigenvalue weighted by molar-refractivity contribution is -0.927. The molecular formula is C9H15ClNO+. The maximum atomic E-state index is 11.1. The fraction of sp³-hybridized carbons (Fsp3) is 0.889. The van der Waals surface area contributed by atoms with E-state index >= 15 is 0 Å². The predicted octanol–water partition coefficient (Wildman–Crippen LogP) is 1.24. The summed E-state index contributed by atoms with van der Waals surface area (Å²) in [6, 6.07) is 0. The van der Waals surface area contributed by atoms with Gasteiger partial charge in [0.15, 0.2) is 0 Å². The Hall–Kier alpha value is -0.0800. The molecule has 2 bridgehead atoms. The van der Waals surface area contributed by atoms with Crippen molar-refractivity contribution in [1.82, 2.24) is 0 Å². The summed E-state index contributed by atoms with van der Waals surface area (Å²) >= 11 is 5.56. The first-order valence-electron chi connectivity index (χ1n) is 4.64. The Morgan fingerprint density at radius 1 is 1.42 bits per heavy atom. The van der Waals surface area contributed by atoms with Crippen molar-refractivity contribution >= 4 is 16.8 Å². The van der Waals surface area contributed by atoms with Crippen LogP contribution in [0.15, 0.2) is 0 Å². The number of hydrogen-bond acceptors (Lipinski definition) is 1. The SMILES string of the molecule is C[N+]12CCC(CC1)C(C(=O)Cl)C2. The van der Waals surface area contributed by atoms with Crippen molar-refractivity contribution in [3.8, 4) is 0 Å². The van der Waals surface area contributed by atoms with Gasteiger partial charge in [0.25, 0.3) is 0 Å². The van der Waals surface area contributed by atoms with Crippen LogP contribution in [0.3, 0.4) is 0 Å². The average Bonchev–Trinajstić information content (AvgIpc) is 2.04. The van der Waals surface area contributed by atoms with Gasteiger partial charge in [-0.2, -0.15) is 0 Å². The Bertz CT molecular complexity index is 209. The minimum Gasteiger partial charge on any atom is -0.325 e. The molecule has 0 aliphatic carbocycles. The lowest BCUT2D eigenvalue weighted by Crippen LogP contribution is -2.60. The van der Waals surface area contributed by atoms with Crippen LogP contribution in [0, 0.1) is 11.8 Å². The number of fused-ring (bicyclic) bond motifs is 3. The Morgan fingerprint density at radius 2 is 2.00 bits per heavy atom. The van der Waals surface area contributed by atoms with Crippen LogP contribution in [-0.2, 0) is 4.79 Å². The third kappa shape index (κ3) is 1.27.